The molecule has 3 heterocycles. The van der Waals surface area contributed by atoms with Gasteiger partial charge in [-0.1, -0.05) is 152 Å². The van der Waals surface area contributed by atoms with Crippen molar-refractivity contribution in [3.8, 4) is 28.1 Å². The number of fused-ring (bicyclic) bond motifs is 7. The molecule has 2 aliphatic heterocycles. The van der Waals surface area contributed by atoms with E-state index in [-0.39, 0.29) is 12.2 Å². The van der Waals surface area contributed by atoms with E-state index in [2.05, 4.69) is 222 Å². The molecule has 2 unspecified atom stereocenters. The van der Waals surface area contributed by atoms with E-state index in [0.717, 1.165) is 56.4 Å². The summed E-state index contributed by atoms with van der Waals surface area (Å²) in [4.78, 5) is 4.79. The number of aromatic nitrogens is 1. The molecular weight excluding hydrogens is 695 g/mol. The van der Waals surface area contributed by atoms with E-state index in [1.165, 1.54) is 33.2 Å². The highest BCUT2D eigenvalue weighted by atomic mass is 15.3. The molecule has 0 aliphatic carbocycles. The molecule has 0 bridgehead atoms. The van der Waals surface area contributed by atoms with E-state index in [1.54, 1.807) is 6.20 Å². The number of likely N-dealkylation sites (N-methyl/N-ethyl adjacent to an activating group) is 1. The summed E-state index contributed by atoms with van der Waals surface area (Å²) in [5.41, 5.74) is 23.6. The smallest absolute Gasteiger partial charge is 0.106 e. The van der Waals surface area contributed by atoms with Crippen LogP contribution >= 0.6 is 0 Å². The third-order valence-electron chi connectivity index (χ3n) is 11.6. The van der Waals surface area contributed by atoms with Gasteiger partial charge in [0.15, 0.2) is 0 Å². The van der Waals surface area contributed by atoms with Crippen molar-refractivity contribution in [1.29, 1.82) is 0 Å². The second-order valence-corrected chi connectivity index (χ2v) is 14.9. The number of nitrogens with two attached hydrogens (primary N) is 1. The quantitative estimate of drug-likeness (QED) is 0.178. The van der Waals surface area contributed by atoms with Gasteiger partial charge < -0.3 is 20.5 Å². The number of para-hydroxylation sites is 3. The van der Waals surface area contributed by atoms with Crippen LogP contribution in [-0.4, -0.2) is 16.5 Å². The zero-order valence-electron chi connectivity index (χ0n) is 32.0. The van der Waals surface area contributed by atoms with Crippen molar-refractivity contribution in [3.05, 3.63) is 222 Å². The van der Waals surface area contributed by atoms with E-state index in [9.17, 15) is 0 Å². The van der Waals surface area contributed by atoms with Crippen LogP contribution in [0.2, 0.25) is 0 Å². The molecule has 2 atom stereocenters. The Labute approximate surface area is 334 Å². The van der Waals surface area contributed by atoms with Crippen molar-refractivity contribution in [3.63, 3.8) is 0 Å². The van der Waals surface area contributed by atoms with Crippen LogP contribution in [0.1, 0.15) is 40.0 Å². The molecule has 10 rings (SSSR count). The molecule has 276 valence electrons. The third kappa shape index (κ3) is 5.74. The number of hydrogen-bond acceptors (Lipinski definition) is 4. The van der Waals surface area contributed by atoms with Gasteiger partial charge in [-0.3, -0.25) is 4.90 Å². The molecule has 0 radical (unpaired) electrons. The lowest BCUT2D eigenvalue weighted by Crippen LogP contribution is -2.41. The summed E-state index contributed by atoms with van der Waals surface area (Å²) in [6, 6.07) is 65.4. The zero-order valence-corrected chi connectivity index (χ0v) is 32.0. The molecule has 0 spiro atoms. The van der Waals surface area contributed by atoms with Crippen LogP contribution in [0.5, 0.6) is 0 Å². The van der Waals surface area contributed by atoms with E-state index >= 15 is 0 Å². The maximum atomic E-state index is 6.63. The first-order chi connectivity index (χ1) is 28.1. The largest absolute Gasteiger partial charge is 0.403 e. The minimum Gasteiger partial charge on any atom is -0.403 e. The molecule has 0 amide bonds. The molecule has 0 fully saturated rings. The molecule has 7 aromatic carbocycles. The zero-order chi connectivity index (χ0) is 38.5. The number of nitrogens with zero attached hydrogens (tertiary/aromatic N) is 3. The summed E-state index contributed by atoms with van der Waals surface area (Å²) < 4.78 is 2.48. The van der Waals surface area contributed by atoms with E-state index in [4.69, 9.17) is 5.73 Å². The summed E-state index contributed by atoms with van der Waals surface area (Å²) >= 11 is 0. The van der Waals surface area contributed by atoms with Crippen LogP contribution in [0, 0.1) is 6.92 Å². The normalized spacial score (nSPS) is 16.6. The molecule has 1 aromatic heterocycles. The van der Waals surface area contributed by atoms with Crippen molar-refractivity contribution >= 4 is 33.7 Å². The Kier molecular flexibility index (Phi) is 8.58. The molecule has 5 nitrogen and oxygen atoms in total. The minimum absolute atomic E-state index is 0.00177. The van der Waals surface area contributed by atoms with Gasteiger partial charge in [0.2, 0.25) is 0 Å². The fourth-order valence-electron chi connectivity index (χ4n) is 8.98. The fraction of sp³-hybridized carbons (Fsp3) is 0.0769. The lowest BCUT2D eigenvalue weighted by atomic mass is 9.96. The number of anilines is 2. The van der Waals surface area contributed by atoms with Gasteiger partial charge in [0.25, 0.3) is 0 Å². The van der Waals surface area contributed by atoms with E-state index in [1.807, 2.05) is 0 Å². The van der Waals surface area contributed by atoms with Gasteiger partial charge in [-0.05, 0) is 72.6 Å². The standard InChI is InChI=1S/C52H43N5/c1-35-18-9-10-25-40(35)49(34-53)57-46-30-15-12-27-42(46)50-41-26-11-14-29-45(41)56(51(50)43-28-13-16-31-47(43)57)39-24-17-23-38(32-39)48-33-44(36-19-5-3-6-20-36)54-52(55(48)2)37-21-7-4-8-22-37/h3-34,48,52,54H,53H2,1-2H3/b49-34+. The highest BCUT2D eigenvalue weighted by Gasteiger charge is 2.34. The minimum atomic E-state index is -0.0175. The molecule has 0 saturated heterocycles. The predicted octanol–water partition coefficient (Wildman–Crippen LogP) is 12.0. The first kappa shape index (κ1) is 34.4. The Morgan fingerprint density at radius 1 is 0.632 bits per heavy atom. The molecule has 8 aromatic rings. The lowest BCUT2D eigenvalue weighted by molar-refractivity contribution is 0.176. The second-order valence-electron chi connectivity index (χ2n) is 14.9. The van der Waals surface area contributed by atoms with Gasteiger partial charge in [-0.15, -0.1) is 0 Å². The van der Waals surface area contributed by atoms with E-state index in [0.29, 0.717) is 0 Å². The average molecular weight is 738 g/mol. The van der Waals surface area contributed by atoms with Gasteiger partial charge in [0.05, 0.1) is 34.3 Å². The van der Waals surface area contributed by atoms with E-state index < -0.39 is 0 Å². The number of rotatable bonds is 6. The van der Waals surface area contributed by atoms with Crippen LogP contribution in [0.4, 0.5) is 11.4 Å². The Bertz CT molecular complexity index is 2830. The van der Waals surface area contributed by atoms with Crippen LogP contribution in [0.15, 0.2) is 194 Å². The third-order valence-corrected chi connectivity index (χ3v) is 11.6. The number of hydrogen-bond donors (Lipinski definition) is 2. The van der Waals surface area contributed by atoms with Crippen molar-refractivity contribution in [1.82, 2.24) is 14.8 Å². The summed E-state index contributed by atoms with van der Waals surface area (Å²) in [7, 11) is 2.22. The Morgan fingerprint density at radius 2 is 1.26 bits per heavy atom. The number of benzene rings is 7. The highest BCUT2D eigenvalue weighted by Crippen LogP contribution is 2.54. The van der Waals surface area contributed by atoms with Crippen LogP contribution in [-0.2, 0) is 0 Å². The number of aryl methyl sites for hydroxylation is 1. The Balaban J connectivity index is 1.20. The van der Waals surface area contributed by atoms with Crippen molar-refractivity contribution < 1.29 is 0 Å². The molecular formula is C52H43N5. The topological polar surface area (TPSA) is 49.5 Å². The molecule has 2 aliphatic rings. The van der Waals surface area contributed by atoms with Crippen LogP contribution < -0.4 is 16.0 Å². The van der Waals surface area contributed by atoms with Crippen LogP contribution in [0.3, 0.4) is 0 Å². The van der Waals surface area contributed by atoms with Gasteiger partial charge >= 0.3 is 0 Å². The van der Waals surface area contributed by atoms with Gasteiger partial charge in [0, 0.05) is 45.2 Å². The summed E-state index contributed by atoms with van der Waals surface area (Å²) in [5, 5.41) is 5.07. The molecule has 5 heteroatoms. The maximum Gasteiger partial charge on any atom is 0.106 e. The predicted molar refractivity (Wildman–Crippen MR) is 237 cm³/mol. The summed E-state index contributed by atoms with van der Waals surface area (Å²) in [6.07, 6.45) is 4.12. The molecule has 0 saturated carbocycles. The number of nitrogens with one attached hydrogen (secondary N) is 1. The van der Waals surface area contributed by atoms with Gasteiger partial charge in [0.1, 0.15) is 6.17 Å². The van der Waals surface area contributed by atoms with Gasteiger partial charge in [-0.25, -0.2) is 0 Å². The lowest BCUT2D eigenvalue weighted by Gasteiger charge is -2.40. The summed E-state index contributed by atoms with van der Waals surface area (Å²) in [5.74, 6) is 0. The Morgan fingerprint density at radius 3 is 2.04 bits per heavy atom. The maximum absolute atomic E-state index is 6.63. The van der Waals surface area contributed by atoms with Crippen molar-refractivity contribution in [2.75, 3.05) is 11.9 Å². The molecule has 3 N–H and O–H groups in total. The first-order valence-electron chi connectivity index (χ1n) is 19.6. The SMILES string of the molecule is Cc1ccccc1/C(=C\N)N1c2ccccc2-c2c(n(-c3cccc(C4C=C(c5ccccc5)NC(c5ccccc5)N4C)c3)c3ccccc23)-c2ccccc21. The Hall–Kier alpha value is -7.08. The van der Waals surface area contributed by atoms with Gasteiger partial charge in [-0.2, -0.15) is 0 Å². The first-order valence-corrected chi connectivity index (χ1v) is 19.6. The second kappa shape index (κ2) is 14.2. The highest BCUT2D eigenvalue weighted by molar-refractivity contribution is 6.14. The fourth-order valence-corrected chi connectivity index (χ4v) is 8.98. The van der Waals surface area contributed by atoms with Crippen LogP contribution in [0.25, 0.3) is 50.4 Å². The average Bonchev–Trinajstić information content (AvgIpc) is 3.55. The monoisotopic (exact) mass is 737 g/mol. The van der Waals surface area contributed by atoms with Crippen molar-refractivity contribution in [2.45, 2.75) is 19.1 Å². The molecule has 57 heavy (non-hydrogen) atoms. The summed E-state index contributed by atoms with van der Waals surface area (Å²) in [6.45, 7) is 2.15. The van der Waals surface area contributed by atoms with Crippen molar-refractivity contribution in [2.24, 2.45) is 5.73 Å².